The summed E-state index contributed by atoms with van der Waals surface area (Å²) in [5.41, 5.74) is -1.18. The average Bonchev–Trinajstić information content (AvgIpc) is 1.93. The minimum absolute atomic E-state index is 0.0155. The van der Waals surface area contributed by atoms with E-state index in [1.54, 1.807) is 11.8 Å². The third-order valence-electron chi connectivity index (χ3n) is 2.37. The Morgan fingerprint density at radius 1 is 1.50 bits per heavy atom. The van der Waals surface area contributed by atoms with Crippen molar-refractivity contribution in [3.05, 3.63) is 0 Å². The molecule has 4 nitrogen and oxygen atoms in total. The van der Waals surface area contributed by atoms with Crippen molar-refractivity contribution in [2.45, 2.75) is 38.5 Å². The topological polar surface area (TPSA) is 55.7 Å². The summed E-state index contributed by atoms with van der Waals surface area (Å²) >= 11 is 5.13. The van der Waals surface area contributed by atoms with Crippen molar-refractivity contribution in [1.82, 2.24) is 10.2 Å². The maximum absolute atomic E-state index is 10.2. The number of aliphatic hydroxyl groups excluding tert-OH is 1. The summed E-state index contributed by atoms with van der Waals surface area (Å²) in [6.45, 7) is 6.04. The van der Waals surface area contributed by atoms with Crippen molar-refractivity contribution in [2.75, 3.05) is 13.2 Å². The predicted octanol–water partition coefficient (Wildman–Crippen LogP) is 0.0460. The highest BCUT2D eigenvalue weighted by Gasteiger charge is 2.42. The van der Waals surface area contributed by atoms with E-state index in [-0.39, 0.29) is 12.1 Å². The summed E-state index contributed by atoms with van der Waals surface area (Å²) in [7, 11) is 0. The zero-order valence-electron chi connectivity index (χ0n) is 8.87. The van der Waals surface area contributed by atoms with Gasteiger partial charge in [0, 0.05) is 18.5 Å². The van der Waals surface area contributed by atoms with Crippen molar-refractivity contribution in [3.8, 4) is 0 Å². The van der Waals surface area contributed by atoms with Gasteiger partial charge in [0.25, 0.3) is 0 Å². The van der Waals surface area contributed by atoms with Crippen LogP contribution in [-0.4, -0.2) is 44.6 Å². The van der Waals surface area contributed by atoms with Gasteiger partial charge in [-0.2, -0.15) is 0 Å². The van der Waals surface area contributed by atoms with Crippen LogP contribution < -0.4 is 5.32 Å². The molecule has 0 radical (unpaired) electrons. The number of thiocarbonyl (C=S) groups is 1. The summed E-state index contributed by atoms with van der Waals surface area (Å²) in [4.78, 5) is 1.62. The molecule has 1 saturated heterocycles. The van der Waals surface area contributed by atoms with Gasteiger partial charge in [-0.15, -0.1) is 0 Å². The van der Waals surface area contributed by atoms with E-state index < -0.39 is 5.72 Å². The Balaban J connectivity index is 2.83. The first-order valence-electron chi connectivity index (χ1n) is 4.71. The van der Waals surface area contributed by atoms with Crippen molar-refractivity contribution < 1.29 is 10.2 Å². The van der Waals surface area contributed by atoms with Crippen LogP contribution in [0.3, 0.4) is 0 Å². The molecule has 0 aromatic carbocycles. The zero-order chi connectivity index (χ0) is 11.0. The molecule has 0 spiro atoms. The minimum Gasteiger partial charge on any atom is -0.395 e. The third-order valence-corrected chi connectivity index (χ3v) is 2.69. The molecule has 0 bridgehead atoms. The molecule has 1 atom stereocenters. The first-order chi connectivity index (χ1) is 6.28. The molecular formula is C9H18N2O2S. The highest BCUT2D eigenvalue weighted by atomic mass is 32.1. The Kier molecular flexibility index (Phi) is 3.04. The van der Waals surface area contributed by atoms with Crippen LogP contribution in [0.4, 0.5) is 0 Å². The summed E-state index contributed by atoms with van der Waals surface area (Å²) in [5.74, 6) is 0. The fraction of sp³-hybridized carbons (Fsp3) is 0.889. The lowest BCUT2D eigenvalue weighted by molar-refractivity contribution is -0.0919. The highest BCUT2D eigenvalue weighted by molar-refractivity contribution is 7.80. The van der Waals surface area contributed by atoms with Crippen LogP contribution in [0.2, 0.25) is 0 Å². The van der Waals surface area contributed by atoms with Crippen LogP contribution >= 0.6 is 12.2 Å². The molecule has 1 aliphatic rings. The van der Waals surface area contributed by atoms with Gasteiger partial charge < -0.3 is 20.4 Å². The Hall–Kier alpha value is -0.390. The monoisotopic (exact) mass is 218 g/mol. The van der Waals surface area contributed by atoms with E-state index in [0.29, 0.717) is 18.1 Å². The standard InChI is InChI=1S/C9H18N2O2S/c1-8(2)6-9(3,13)11(4-5-12)7(14)10-8/h12-13H,4-6H2,1-3H3,(H,10,14)/t9-/m1/s1. The molecule has 1 fully saturated rings. The molecule has 0 unspecified atom stereocenters. The second-order valence-electron chi connectivity index (χ2n) is 4.58. The third kappa shape index (κ3) is 2.34. The van der Waals surface area contributed by atoms with E-state index in [2.05, 4.69) is 5.32 Å². The molecule has 1 rings (SSSR count). The van der Waals surface area contributed by atoms with Gasteiger partial charge in [-0.05, 0) is 33.0 Å². The molecule has 0 aromatic heterocycles. The Morgan fingerprint density at radius 2 is 2.07 bits per heavy atom. The molecule has 3 N–H and O–H groups in total. The second-order valence-corrected chi connectivity index (χ2v) is 4.97. The molecule has 0 saturated carbocycles. The second kappa shape index (κ2) is 3.64. The number of rotatable bonds is 2. The molecule has 14 heavy (non-hydrogen) atoms. The molecule has 0 aliphatic carbocycles. The number of β-amino-alcohol motifs (C(OH)–C–C–N with tert-alkyl or cyclic N) is 1. The van der Waals surface area contributed by atoms with Gasteiger partial charge in [-0.3, -0.25) is 0 Å². The molecule has 0 amide bonds. The first-order valence-corrected chi connectivity index (χ1v) is 5.12. The van der Waals surface area contributed by atoms with Crippen LogP contribution in [0, 0.1) is 0 Å². The van der Waals surface area contributed by atoms with Gasteiger partial charge in [-0.25, -0.2) is 0 Å². The van der Waals surface area contributed by atoms with E-state index in [1.807, 2.05) is 13.8 Å². The van der Waals surface area contributed by atoms with Gasteiger partial charge in [0.2, 0.25) is 0 Å². The lowest BCUT2D eigenvalue weighted by Crippen LogP contribution is -2.66. The number of nitrogens with zero attached hydrogens (tertiary/aromatic N) is 1. The Labute approximate surface area is 89.9 Å². The van der Waals surface area contributed by atoms with E-state index in [0.717, 1.165) is 0 Å². The largest absolute Gasteiger partial charge is 0.395 e. The fourth-order valence-electron chi connectivity index (χ4n) is 1.99. The number of aliphatic hydroxyl groups is 2. The van der Waals surface area contributed by atoms with Crippen molar-refractivity contribution in [1.29, 1.82) is 0 Å². The summed E-state index contributed by atoms with van der Waals surface area (Å²) in [6.07, 6.45) is 0.570. The Bertz CT molecular complexity index is 241. The SMILES string of the molecule is CC1(C)C[C@@](C)(O)N(CCO)C(=S)N1. The van der Waals surface area contributed by atoms with Gasteiger partial charge >= 0.3 is 0 Å². The van der Waals surface area contributed by atoms with Crippen molar-refractivity contribution >= 4 is 17.3 Å². The van der Waals surface area contributed by atoms with Crippen molar-refractivity contribution in [3.63, 3.8) is 0 Å². The number of hydrogen-bond acceptors (Lipinski definition) is 3. The molecule has 0 aromatic rings. The van der Waals surface area contributed by atoms with Gasteiger partial charge in [0.05, 0.1) is 6.61 Å². The average molecular weight is 218 g/mol. The number of hydrogen-bond donors (Lipinski definition) is 3. The summed E-state index contributed by atoms with van der Waals surface area (Å²) in [5, 5.41) is 22.6. The molecule has 5 heteroatoms. The number of nitrogens with one attached hydrogen (secondary N) is 1. The van der Waals surface area contributed by atoms with Crippen LogP contribution in [-0.2, 0) is 0 Å². The van der Waals surface area contributed by atoms with Crippen molar-refractivity contribution in [2.24, 2.45) is 0 Å². The fourth-order valence-corrected chi connectivity index (χ4v) is 2.56. The van der Waals surface area contributed by atoms with E-state index in [1.165, 1.54) is 0 Å². The van der Waals surface area contributed by atoms with Crippen LogP contribution in [0.25, 0.3) is 0 Å². The normalized spacial score (nSPS) is 31.5. The zero-order valence-corrected chi connectivity index (χ0v) is 9.69. The maximum atomic E-state index is 10.2. The summed E-state index contributed by atoms with van der Waals surface area (Å²) in [6, 6.07) is 0. The highest BCUT2D eigenvalue weighted by Crippen LogP contribution is 2.28. The van der Waals surface area contributed by atoms with E-state index >= 15 is 0 Å². The molecular weight excluding hydrogens is 200 g/mol. The van der Waals surface area contributed by atoms with Gasteiger partial charge in [0.15, 0.2) is 5.11 Å². The molecule has 82 valence electrons. The predicted molar refractivity (Wildman–Crippen MR) is 58.8 cm³/mol. The lowest BCUT2D eigenvalue weighted by Gasteiger charge is -2.49. The van der Waals surface area contributed by atoms with Crippen LogP contribution in [0.15, 0.2) is 0 Å². The maximum Gasteiger partial charge on any atom is 0.171 e. The molecule has 1 heterocycles. The summed E-state index contributed by atoms with van der Waals surface area (Å²) < 4.78 is 0. The Morgan fingerprint density at radius 3 is 2.50 bits per heavy atom. The smallest absolute Gasteiger partial charge is 0.171 e. The van der Waals surface area contributed by atoms with E-state index in [4.69, 9.17) is 17.3 Å². The van der Waals surface area contributed by atoms with Crippen LogP contribution in [0.5, 0.6) is 0 Å². The minimum atomic E-state index is -0.978. The van der Waals surface area contributed by atoms with Gasteiger partial charge in [-0.1, -0.05) is 0 Å². The van der Waals surface area contributed by atoms with Gasteiger partial charge in [0.1, 0.15) is 5.72 Å². The lowest BCUT2D eigenvalue weighted by atomic mass is 9.90. The quantitative estimate of drug-likeness (QED) is 0.572. The first kappa shape index (κ1) is 11.7. The van der Waals surface area contributed by atoms with E-state index in [9.17, 15) is 5.11 Å². The van der Waals surface area contributed by atoms with Crippen LogP contribution in [0.1, 0.15) is 27.2 Å². The molecule has 1 aliphatic heterocycles.